The quantitative estimate of drug-likeness (QED) is 0.832. The van der Waals surface area contributed by atoms with Gasteiger partial charge in [0.25, 0.3) is 0 Å². The zero-order chi connectivity index (χ0) is 11.6. The first kappa shape index (κ1) is 12.3. The van der Waals surface area contributed by atoms with Crippen LogP contribution in [0.15, 0.2) is 18.2 Å². The van der Waals surface area contributed by atoms with E-state index < -0.39 is 22.9 Å². The minimum absolute atomic E-state index is 0.0678. The van der Waals surface area contributed by atoms with Gasteiger partial charge in [-0.15, -0.1) is 0 Å². The molecule has 0 aromatic heterocycles. The molecule has 1 aromatic carbocycles. The van der Waals surface area contributed by atoms with E-state index in [1.807, 2.05) is 0 Å². The van der Waals surface area contributed by atoms with Crippen molar-refractivity contribution in [2.45, 2.75) is 12.3 Å². The standard InChI is InChI=1S/C9H9ClF3NO/c10-7-3-5(8(15)4-14)1-2-6(7)9(11,12)13/h1-3,8,15H,4,14H2/t8-/m0/s1. The van der Waals surface area contributed by atoms with Gasteiger partial charge in [-0.1, -0.05) is 17.7 Å². The van der Waals surface area contributed by atoms with E-state index in [1.165, 1.54) is 0 Å². The highest BCUT2D eigenvalue weighted by molar-refractivity contribution is 6.31. The number of nitrogens with two attached hydrogens (primary N) is 1. The van der Waals surface area contributed by atoms with Crippen molar-refractivity contribution < 1.29 is 18.3 Å². The van der Waals surface area contributed by atoms with E-state index in [0.717, 1.165) is 18.2 Å². The third kappa shape index (κ3) is 2.84. The molecule has 2 nitrogen and oxygen atoms in total. The first-order valence-corrected chi connectivity index (χ1v) is 4.49. The lowest BCUT2D eigenvalue weighted by Gasteiger charge is -2.12. The number of hydrogen-bond acceptors (Lipinski definition) is 2. The Bertz CT molecular complexity index is 354. The molecule has 84 valence electrons. The van der Waals surface area contributed by atoms with Crippen molar-refractivity contribution in [1.29, 1.82) is 0 Å². The van der Waals surface area contributed by atoms with Crippen molar-refractivity contribution in [1.82, 2.24) is 0 Å². The van der Waals surface area contributed by atoms with E-state index in [4.69, 9.17) is 17.3 Å². The fourth-order valence-corrected chi connectivity index (χ4v) is 1.40. The van der Waals surface area contributed by atoms with Gasteiger partial charge in [0.05, 0.1) is 16.7 Å². The number of halogens is 4. The van der Waals surface area contributed by atoms with Crippen molar-refractivity contribution in [3.05, 3.63) is 34.3 Å². The van der Waals surface area contributed by atoms with Gasteiger partial charge in [0.2, 0.25) is 0 Å². The lowest BCUT2D eigenvalue weighted by Crippen LogP contribution is -2.12. The van der Waals surface area contributed by atoms with Crippen molar-refractivity contribution >= 4 is 11.6 Å². The molecule has 0 aliphatic heterocycles. The van der Waals surface area contributed by atoms with Crippen molar-refractivity contribution in [2.24, 2.45) is 5.73 Å². The van der Waals surface area contributed by atoms with Crippen LogP contribution in [-0.4, -0.2) is 11.7 Å². The molecule has 6 heteroatoms. The van der Waals surface area contributed by atoms with Gasteiger partial charge < -0.3 is 10.8 Å². The summed E-state index contributed by atoms with van der Waals surface area (Å²) in [6.45, 7) is -0.0678. The summed E-state index contributed by atoms with van der Waals surface area (Å²) in [5, 5.41) is 8.85. The predicted octanol–water partition coefficient (Wildman–Crippen LogP) is 2.35. The van der Waals surface area contributed by atoms with E-state index in [-0.39, 0.29) is 12.1 Å². The van der Waals surface area contributed by atoms with Crippen LogP contribution in [-0.2, 0) is 6.18 Å². The molecule has 1 atom stereocenters. The summed E-state index contributed by atoms with van der Waals surface area (Å²) in [5.41, 5.74) is 4.52. The normalized spacial score (nSPS) is 14.0. The lowest BCUT2D eigenvalue weighted by molar-refractivity contribution is -0.137. The Kier molecular flexibility index (Phi) is 3.59. The SMILES string of the molecule is NC[C@H](O)c1ccc(C(F)(F)F)c(Cl)c1. The van der Waals surface area contributed by atoms with Crippen LogP contribution in [0.4, 0.5) is 13.2 Å². The molecule has 0 radical (unpaired) electrons. The molecular weight excluding hydrogens is 231 g/mol. The fourth-order valence-electron chi connectivity index (χ4n) is 1.10. The van der Waals surface area contributed by atoms with E-state index in [1.54, 1.807) is 0 Å². The molecule has 3 N–H and O–H groups in total. The number of alkyl halides is 3. The highest BCUT2D eigenvalue weighted by Gasteiger charge is 2.33. The molecule has 0 amide bonds. The first-order valence-electron chi connectivity index (χ1n) is 4.11. The number of aliphatic hydroxyl groups is 1. The molecule has 0 saturated heterocycles. The van der Waals surface area contributed by atoms with Gasteiger partial charge >= 0.3 is 6.18 Å². The molecular formula is C9H9ClF3NO. The Morgan fingerprint density at radius 2 is 2.00 bits per heavy atom. The molecule has 1 aromatic rings. The Morgan fingerprint density at radius 1 is 1.40 bits per heavy atom. The topological polar surface area (TPSA) is 46.2 Å². The largest absolute Gasteiger partial charge is 0.417 e. The van der Waals surface area contributed by atoms with Crippen molar-refractivity contribution in [3.8, 4) is 0 Å². The predicted molar refractivity (Wildman–Crippen MR) is 50.5 cm³/mol. The van der Waals surface area contributed by atoms with Crippen LogP contribution in [0.2, 0.25) is 5.02 Å². The molecule has 0 saturated carbocycles. The summed E-state index contributed by atoms with van der Waals surface area (Å²) < 4.78 is 36.9. The highest BCUT2D eigenvalue weighted by Crippen LogP contribution is 2.35. The maximum Gasteiger partial charge on any atom is 0.417 e. The molecule has 0 heterocycles. The summed E-state index contributed by atoms with van der Waals surface area (Å²) >= 11 is 5.44. The van der Waals surface area contributed by atoms with Crippen molar-refractivity contribution in [3.63, 3.8) is 0 Å². The maximum atomic E-state index is 12.3. The number of aliphatic hydroxyl groups excluding tert-OH is 1. The van der Waals surface area contributed by atoms with Gasteiger partial charge in [-0.05, 0) is 17.7 Å². The Morgan fingerprint density at radius 3 is 2.40 bits per heavy atom. The second-order valence-electron chi connectivity index (χ2n) is 2.99. The molecule has 15 heavy (non-hydrogen) atoms. The zero-order valence-electron chi connectivity index (χ0n) is 7.55. The average Bonchev–Trinajstić information content (AvgIpc) is 2.14. The van der Waals surface area contributed by atoms with Gasteiger partial charge in [0.1, 0.15) is 0 Å². The molecule has 1 rings (SSSR count). The number of hydrogen-bond donors (Lipinski definition) is 2. The smallest absolute Gasteiger partial charge is 0.387 e. The maximum absolute atomic E-state index is 12.3. The highest BCUT2D eigenvalue weighted by atomic mass is 35.5. The summed E-state index contributed by atoms with van der Waals surface area (Å²) in [7, 11) is 0. The van der Waals surface area contributed by atoms with E-state index in [2.05, 4.69) is 0 Å². The monoisotopic (exact) mass is 239 g/mol. The molecule has 0 spiro atoms. The average molecular weight is 240 g/mol. The van der Waals surface area contributed by atoms with Gasteiger partial charge in [-0.2, -0.15) is 13.2 Å². The summed E-state index contributed by atoms with van der Waals surface area (Å²) in [5.74, 6) is 0. The number of rotatable bonds is 2. The van der Waals surface area contributed by atoms with Crippen LogP contribution < -0.4 is 5.73 Å². The van der Waals surface area contributed by atoms with Crippen LogP contribution in [0.5, 0.6) is 0 Å². The molecule has 0 aliphatic rings. The van der Waals surface area contributed by atoms with Crippen LogP contribution >= 0.6 is 11.6 Å². The summed E-state index contributed by atoms with van der Waals surface area (Å²) in [4.78, 5) is 0. The molecule has 0 fully saturated rings. The second kappa shape index (κ2) is 4.38. The fraction of sp³-hybridized carbons (Fsp3) is 0.333. The molecule has 0 unspecified atom stereocenters. The second-order valence-corrected chi connectivity index (χ2v) is 3.40. The third-order valence-electron chi connectivity index (χ3n) is 1.91. The minimum Gasteiger partial charge on any atom is -0.387 e. The minimum atomic E-state index is -4.48. The summed E-state index contributed by atoms with van der Waals surface area (Å²) in [6.07, 6.45) is -5.48. The van der Waals surface area contributed by atoms with Crippen LogP contribution in [0.1, 0.15) is 17.2 Å². The van der Waals surface area contributed by atoms with Crippen LogP contribution in [0.25, 0.3) is 0 Å². The summed E-state index contributed by atoms with van der Waals surface area (Å²) in [6, 6.07) is 3.06. The first-order chi connectivity index (χ1) is 6.86. The van der Waals surface area contributed by atoms with Gasteiger partial charge in [-0.3, -0.25) is 0 Å². The van der Waals surface area contributed by atoms with E-state index in [9.17, 15) is 18.3 Å². The van der Waals surface area contributed by atoms with Crippen LogP contribution in [0, 0.1) is 0 Å². The Hall–Kier alpha value is -0.780. The van der Waals surface area contributed by atoms with Gasteiger partial charge in [0, 0.05) is 6.54 Å². The Balaban J connectivity index is 3.09. The van der Waals surface area contributed by atoms with E-state index in [0.29, 0.717) is 0 Å². The van der Waals surface area contributed by atoms with Crippen molar-refractivity contribution in [2.75, 3.05) is 6.54 Å². The van der Waals surface area contributed by atoms with Gasteiger partial charge in [0.15, 0.2) is 0 Å². The molecule has 0 aliphatic carbocycles. The molecule has 0 bridgehead atoms. The Labute approximate surface area is 89.5 Å². The van der Waals surface area contributed by atoms with Gasteiger partial charge in [-0.25, -0.2) is 0 Å². The lowest BCUT2D eigenvalue weighted by atomic mass is 10.1. The van der Waals surface area contributed by atoms with Crippen LogP contribution in [0.3, 0.4) is 0 Å². The zero-order valence-corrected chi connectivity index (χ0v) is 8.31. The third-order valence-corrected chi connectivity index (χ3v) is 2.22. The number of benzene rings is 1. The van der Waals surface area contributed by atoms with E-state index >= 15 is 0 Å².